The lowest BCUT2D eigenvalue weighted by Gasteiger charge is -2.34. The lowest BCUT2D eigenvalue weighted by Crippen LogP contribution is -2.61. The van der Waals surface area contributed by atoms with E-state index in [1.807, 2.05) is 30.3 Å². The molecule has 29 heavy (non-hydrogen) atoms. The number of fused-ring (bicyclic) bond motifs is 1. The maximum Gasteiger partial charge on any atom is 0.255 e. The van der Waals surface area contributed by atoms with Crippen LogP contribution in [0, 0.1) is 0 Å². The van der Waals surface area contributed by atoms with E-state index >= 15 is 0 Å². The van der Waals surface area contributed by atoms with E-state index in [0.717, 1.165) is 5.56 Å². The number of methoxy groups -OCH3 is 1. The van der Waals surface area contributed by atoms with E-state index in [-0.39, 0.29) is 23.8 Å². The average Bonchev–Trinajstić information content (AvgIpc) is 3.17. The fraction of sp³-hybridized carbons (Fsp3) is 0.318. The van der Waals surface area contributed by atoms with Crippen LogP contribution in [-0.2, 0) is 16.0 Å². The van der Waals surface area contributed by atoms with E-state index in [4.69, 9.17) is 4.74 Å². The number of hydrogen-bond donors (Lipinski definition) is 2. The summed E-state index contributed by atoms with van der Waals surface area (Å²) in [6.45, 7) is 0.323. The van der Waals surface area contributed by atoms with Gasteiger partial charge in [0, 0.05) is 19.0 Å². The van der Waals surface area contributed by atoms with Crippen molar-refractivity contribution < 1.29 is 19.1 Å². The Kier molecular flexibility index (Phi) is 5.20. The number of piperazine rings is 1. The number of carbonyl (C=O) groups is 3. The molecule has 7 nitrogen and oxygen atoms in total. The van der Waals surface area contributed by atoms with Crippen molar-refractivity contribution in [2.45, 2.75) is 31.0 Å². The van der Waals surface area contributed by atoms with Gasteiger partial charge in [-0.1, -0.05) is 42.5 Å². The number of nitrogens with zero attached hydrogens (tertiary/aromatic N) is 1. The molecule has 2 saturated heterocycles. The minimum absolute atomic E-state index is 0.104. The summed E-state index contributed by atoms with van der Waals surface area (Å²) in [6.07, 6.45) is 0.851. The van der Waals surface area contributed by atoms with Crippen molar-refractivity contribution in [3.63, 3.8) is 0 Å². The quantitative estimate of drug-likeness (QED) is 0.797. The van der Waals surface area contributed by atoms with Crippen molar-refractivity contribution in [2.75, 3.05) is 13.7 Å². The second kappa shape index (κ2) is 7.95. The summed E-state index contributed by atoms with van der Waals surface area (Å²) in [5.41, 5.74) is 1.42. The van der Waals surface area contributed by atoms with Crippen molar-refractivity contribution in [3.8, 4) is 5.75 Å². The molecule has 0 unspecified atom stereocenters. The van der Waals surface area contributed by atoms with Crippen LogP contribution in [0.3, 0.4) is 0 Å². The molecular formula is C22H23N3O4. The normalized spacial score (nSPS) is 23.3. The van der Waals surface area contributed by atoms with E-state index < -0.39 is 12.1 Å². The molecule has 3 atom stereocenters. The van der Waals surface area contributed by atoms with Crippen molar-refractivity contribution in [2.24, 2.45) is 0 Å². The van der Waals surface area contributed by atoms with Gasteiger partial charge < -0.3 is 20.3 Å². The number of hydrogen-bond acceptors (Lipinski definition) is 4. The molecule has 0 spiro atoms. The summed E-state index contributed by atoms with van der Waals surface area (Å²) in [7, 11) is 1.51. The molecule has 150 valence electrons. The Morgan fingerprint density at radius 3 is 2.62 bits per heavy atom. The summed E-state index contributed by atoms with van der Waals surface area (Å²) in [6, 6.07) is 15.2. The largest absolute Gasteiger partial charge is 0.496 e. The molecule has 0 aliphatic carbocycles. The van der Waals surface area contributed by atoms with E-state index in [0.29, 0.717) is 30.7 Å². The highest BCUT2D eigenvalue weighted by molar-refractivity contribution is 5.99. The molecule has 7 heteroatoms. The molecule has 2 fully saturated rings. The first-order chi connectivity index (χ1) is 14.1. The van der Waals surface area contributed by atoms with E-state index in [2.05, 4.69) is 10.6 Å². The van der Waals surface area contributed by atoms with Crippen LogP contribution in [0.5, 0.6) is 5.75 Å². The van der Waals surface area contributed by atoms with Gasteiger partial charge in [-0.15, -0.1) is 0 Å². The maximum atomic E-state index is 12.9. The number of amides is 3. The van der Waals surface area contributed by atoms with E-state index in [1.54, 1.807) is 29.2 Å². The van der Waals surface area contributed by atoms with Gasteiger partial charge in [-0.2, -0.15) is 0 Å². The van der Waals surface area contributed by atoms with E-state index in [1.165, 1.54) is 7.11 Å². The lowest BCUT2D eigenvalue weighted by atomic mass is 10.0. The topological polar surface area (TPSA) is 87.7 Å². The van der Waals surface area contributed by atoms with Crippen LogP contribution in [0.25, 0.3) is 0 Å². The maximum absolute atomic E-state index is 12.9. The second-order valence-electron chi connectivity index (χ2n) is 7.36. The Balaban J connectivity index is 1.44. The number of benzene rings is 2. The van der Waals surface area contributed by atoms with Gasteiger partial charge in [-0.3, -0.25) is 14.4 Å². The van der Waals surface area contributed by atoms with Crippen LogP contribution in [0.15, 0.2) is 54.6 Å². The summed E-state index contributed by atoms with van der Waals surface area (Å²) < 4.78 is 5.24. The average molecular weight is 393 g/mol. The predicted octanol–water partition coefficient (Wildman–Crippen LogP) is 1.14. The number of rotatable bonds is 5. The highest BCUT2D eigenvalue weighted by Gasteiger charge is 2.46. The molecule has 0 bridgehead atoms. The number of nitrogens with one attached hydrogen (secondary N) is 2. The molecule has 2 aromatic carbocycles. The van der Waals surface area contributed by atoms with Crippen LogP contribution in [0.2, 0.25) is 0 Å². The Hall–Kier alpha value is -3.35. The van der Waals surface area contributed by atoms with Gasteiger partial charge in [0.25, 0.3) is 5.91 Å². The van der Waals surface area contributed by atoms with Crippen LogP contribution in [0.4, 0.5) is 0 Å². The van der Waals surface area contributed by atoms with Gasteiger partial charge in [0.15, 0.2) is 0 Å². The van der Waals surface area contributed by atoms with Gasteiger partial charge in [-0.05, 0) is 24.1 Å². The molecule has 2 heterocycles. The van der Waals surface area contributed by atoms with Crippen molar-refractivity contribution >= 4 is 17.7 Å². The first-order valence-electron chi connectivity index (χ1n) is 9.65. The van der Waals surface area contributed by atoms with Gasteiger partial charge in [0.05, 0.1) is 12.7 Å². The summed E-state index contributed by atoms with van der Waals surface area (Å²) >= 11 is 0. The fourth-order valence-electron chi connectivity index (χ4n) is 4.05. The highest BCUT2D eigenvalue weighted by atomic mass is 16.5. The first-order valence-corrected chi connectivity index (χ1v) is 9.65. The Bertz CT molecular complexity index is 931. The molecule has 0 aromatic heterocycles. The molecule has 0 saturated carbocycles. The summed E-state index contributed by atoms with van der Waals surface area (Å²) in [4.78, 5) is 39.8. The fourth-order valence-corrected chi connectivity index (χ4v) is 4.05. The monoisotopic (exact) mass is 393 g/mol. The SMILES string of the molecule is COc1ccccc1C(=O)N[C@H]1C[C@H]2C(=O)N[C@H](Cc3ccccc3)C(=O)N2C1. The standard InChI is InChI=1S/C22H23N3O4/c1-29-19-10-6-5-9-16(19)20(26)23-15-12-18-21(27)24-17(22(28)25(18)13-15)11-14-7-3-2-4-8-14/h2-10,15,17-18H,11-13H2,1H3,(H,23,26)(H,24,27)/t15-,17+,18-/m0/s1. The van der Waals surface area contributed by atoms with Crippen molar-refractivity contribution in [1.82, 2.24) is 15.5 Å². The van der Waals surface area contributed by atoms with Crippen LogP contribution < -0.4 is 15.4 Å². The molecule has 4 rings (SSSR count). The number of carbonyl (C=O) groups excluding carboxylic acids is 3. The number of ether oxygens (including phenoxy) is 1. The molecule has 0 radical (unpaired) electrons. The minimum atomic E-state index is -0.579. The van der Waals surface area contributed by atoms with Crippen molar-refractivity contribution in [1.29, 1.82) is 0 Å². The van der Waals surface area contributed by atoms with Gasteiger partial charge in [-0.25, -0.2) is 0 Å². The molecule has 2 aliphatic heterocycles. The zero-order valence-corrected chi connectivity index (χ0v) is 16.1. The molecule has 3 amide bonds. The van der Waals surface area contributed by atoms with Gasteiger partial charge in [0.2, 0.25) is 11.8 Å². The lowest BCUT2D eigenvalue weighted by molar-refractivity contribution is -0.147. The first kappa shape index (κ1) is 19.0. The molecule has 2 aliphatic rings. The third-order valence-electron chi connectivity index (χ3n) is 5.47. The summed E-state index contributed by atoms with van der Waals surface area (Å²) in [5, 5.41) is 5.79. The predicted molar refractivity (Wildman–Crippen MR) is 106 cm³/mol. The third kappa shape index (κ3) is 3.81. The Labute approximate surface area is 169 Å². The zero-order valence-electron chi connectivity index (χ0n) is 16.1. The van der Waals surface area contributed by atoms with Crippen LogP contribution in [0.1, 0.15) is 22.3 Å². The minimum Gasteiger partial charge on any atom is -0.496 e. The smallest absolute Gasteiger partial charge is 0.255 e. The van der Waals surface area contributed by atoms with Gasteiger partial charge >= 0.3 is 0 Å². The molecular weight excluding hydrogens is 370 g/mol. The van der Waals surface area contributed by atoms with Crippen molar-refractivity contribution in [3.05, 3.63) is 65.7 Å². The molecule has 2 N–H and O–H groups in total. The third-order valence-corrected chi connectivity index (χ3v) is 5.47. The zero-order chi connectivity index (χ0) is 20.4. The summed E-state index contributed by atoms with van der Waals surface area (Å²) in [5.74, 6) is -0.0643. The Morgan fingerprint density at radius 1 is 1.14 bits per heavy atom. The van der Waals surface area contributed by atoms with Gasteiger partial charge in [0.1, 0.15) is 17.8 Å². The van der Waals surface area contributed by atoms with E-state index in [9.17, 15) is 14.4 Å². The van der Waals surface area contributed by atoms with Crippen LogP contribution in [-0.4, -0.2) is 54.4 Å². The van der Waals surface area contributed by atoms with Crippen LogP contribution >= 0.6 is 0 Å². The second-order valence-corrected chi connectivity index (χ2v) is 7.36. The number of para-hydroxylation sites is 1. The highest BCUT2D eigenvalue weighted by Crippen LogP contribution is 2.25. The Morgan fingerprint density at radius 2 is 1.86 bits per heavy atom. The molecule has 2 aromatic rings.